The average molecular weight is 483 g/mol. The maximum Gasteiger partial charge on any atom is 0.274 e. The van der Waals surface area contributed by atoms with Crippen molar-refractivity contribution in [3.8, 4) is 28.6 Å². The number of ether oxygens (including phenoxy) is 3. The lowest BCUT2D eigenvalue weighted by molar-refractivity contribution is 0.0934. The molecule has 3 aromatic heterocycles. The van der Waals surface area contributed by atoms with Crippen LogP contribution in [0.1, 0.15) is 29.0 Å². The number of carbonyl (C=O) groups is 1. The second-order valence-electron chi connectivity index (χ2n) is 7.73. The molecule has 1 amide bonds. The number of aromatic amines is 1. The summed E-state index contributed by atoms with van der Waals surface area (Å²) in [5.41, 5.74) is -1.15. The monoisotopic (exact) mass is 483 g/mol. The van der Waals surface area contributed by atoms with Gasteiger partial charge < -0.3 is 24.5 Å². The molecule has 0 aliphatic carbocycles. The zero-order valence-electron chi connectivity index (χ0n) is 18.6. The van der Waals surface area contributed by atoms with Crippen LogP contribution in [0.5, 0.6) is 17.4 Å². The summed E-state index contributed by atoms with van der Waals surface area (Å²) in [4.78, 5) is 31.8. The molecule has 1 aliphatic rings. The molecule has 0 spiro atoms. The first-order chi connectivity index (χ1) is 16.9. The lowest BCUT2D eigenvalue weighted by Crippen LogP contribution is -2.27. The van der Waals surface area contributed by atoms with Crippen LogP contribution in [0, 0.1) is 11.8 Å². The van der Waals surface area contributed by atoms with Crippen LogP contribution in [0.2, 0.25) is 0 Å². The predicted molar refractivity (Wildman–Crippen MR) is 119 cm³/mol. The van der Waals surface area contributed by atoms with Crippen LogP contribution in [-0.4, -0.2) is 45.8 Å². The number of halogens is 2. The number of rotatable bonds is 5. The van der Waals surface area contributed by atoms with E-state index in [4.69, 9.17) is 14.2 Å². The summed E-state index contributed by atoms with van der Waals surface area (Å²) in [6.45, 7) is 2.12. The van der Waals surface area contributed by atoms with Gasteiger partial charge in [-0.2, -0.15) is 14.0 Å². The molecule has 0 fully saturated rings. The van der Waals surface area contributed by atoms with Crippen LogP contribution in [0.4, 0.5) is 8.78 Å². The summed E-state index contributed by atoms with van der Waals surface area (Å²) < 4.78 is 46.7. The van der Waals surface area contributed by atoms with Crippen LogP contribution in [0.25, 0.3) is 16.8 Å². The fourth-order valence-corrected chi connectivity index (χ4v) is 3.71. The quantitative estimate of drug-likeness (QED) is 0.448. The fraction of sp³-hybridized carbons (Fsp3) is 0.217. The van der Waals surface area contributed by atoms with Gasteiger partial charge in [0, 0.05) is 23.9 Å². The maximum atomic E-state index is 15.4. The Morgan fingerprint density at radius 2 is 2.03 bits per heavy atom. The zero-order chi connectivity index (χ0) is 24.7. The number of pyridine rings is 1. The van der Waals surface area contributed by atoms with Crippen LogP contribution >= 0.6 is 0 Å². The molecule has 0 saturated heterocycles. The third kappa shape index (κ3) is 3.92. The average Bonchev–Trinajstić information content (AvgIpc) is 3.34. The molecule has 4 heterocycles. The van der Waals surface area contributed by atoms with Gasteiger partial charge in [0.15, 0.2) is 23.0 Å². The van der Waals surface area contributed by atoms with Crippen molar-refractivity contribution in [2.24, 2.45) is 0 Å². The largest absolute Gasteiger partial charge is 0.486 e. The van der Waals surface area contributed by atoms with Gasteiger partial charge >= 0.3 is 0 Å². The number of nitrogens with zero attached hydrogens (tertiary/aromatic N) is 3. The number of amides is 1. The highest BCUT2D eigenvalue weighted by Crippen LogP contribution is 2.38. The SMILES string of the molecule is COc1ccc([C@@H](C)NC(=O)c2cc3c(=O)[nH]c(-c4ccc5c(c4F)OCCO5)c(F)n3n2)cn1. The number of nitrogens with one attached hydrogen (secondary N) is 2. The first-order valence-electron chi connectivity index (χ1n) is 10.6. The number of fused-ring (bicyclic) bond motifs is 2. The number of hydrogen-bond acceptors (Lipinski definition) is 7. The molecule has 180 valence electrons. The van der Waals surface area contributed by atoms with E-state index in [1.165, 1.54) is 19.2 Å². The molecule has 0 bridgehead atoms. The highest BCUT2D eigenvalue weighted by atomic mass is 19.1. The van der Waals surface area contributed by atoms with Gasteiger partial charge in [-0.05, 0) is 24.6 Å². The lowest BCUT2D eigenvalue weighted by Gasteiger charge is -2.20. The number of benzene rings is 1. The van der Waals surface area contributed by atoms with E-state index in [2.05, 4.69) is 20.4 Å². The van der Waals surface area contributed by atoms with E-state index < -0.39 is 35.0 Å². The molecule has 1 atom stereocenters. The van der Waals surface area contributed by atoms with Crippen molar-refractivity contribution in [3.05, 3.63) is 69.9 Å². The molecule has 1 aromatic carbocycles. The third-order valence-electron chi connectivity index (χ3n) is 5.54. The lowest BCUT2D eigenvalue weighted by atomic mass is 10.1. The molecule has 0 radical (unpaired) electrons. The van der Waals surface area contributed by atoms with Crippen molar-refractivity contribution in [3.63, 3.8) is 0 Å². The fourth-order valence-electron chi connectivity index (χ4n) is 3.71. The highest BCUT2D eigenvalue weighted by Gasteiger charge is 2.25. The number of methoxy groups -OCH3 is 1. The van der Waals surface area contributed by atoms with Crippen molar-refractivity contribution in [2.75, 3.05) is 20.3 Å². The van der Waals surface area contributed by atoms with E-state index in [0.717, 1.165) is 6.07 Å². The van der Waals surface area contributed by atoms with Crippen molar-refractivity contribution < 1.29 is 27.8 Å². The molecular weight excluding hydrogens is 464 g/mol. The third-order valence-corrected chi connectivity index (χ3v) is 5.54. The Bertz CT molecular complexity index is 1500. The van der Waals surface area contributed by atoms with E-state index in [1.54, 1.807) is 25.3 Å². The van der Waals surface area contributed by atoms with Gasteiger partial charge in [0.1, 0.15) is 24.4 Å². The normalized spacial score (nSPS) is 13.5. The Morgan fingerprint density at radius 3 is 2.77 bits per heavy atom. The molecule has 12 heteroatoms. The Kier molecular flexibility index (Phi) is 5.55. The van der Waals surface area contributed by atoms with Gasteiger partial charge in [-0.25, -0.2) is 9.37 Å². The maximum absolute atomic E-state index is 15.4. The molecule has 0 unspecified atom stereocenters. The van der Waals surface area contributed by atoms with Crippen molar-refractivity contribution in [1.29, 1.82) is 0 Å². The molecule has 10 nitrogen and oxygen atoms in total. The number of aromatic nitrogens is 4. The first-order valence-corrected chi connectivity index (χ1v) is 10.6. The van der Waals surface area contributed by atoms with E-state index in [0.29, 0.717) is 16.0 Å². The Morgan fingerprint density at radius 1 is 1.23 bits per heavy atom. The Hall–Kier alpha value is -4.48. The van der Waals surface area contributed by atoms with Gasteiger partial charge in [0.05, 0.1) is 13.2 Å². The molecule has 5 rings (SSSR count). The van der Waals surface area contributed by atoms with Crippen molar-refractivity contribution in [2.45, 2.75) is 13.0 Å². The Balaban J connectivity index is 1.48. The van der Waals surface area contributed by atoms with Crippen LogP contribution in [0.15, 0.2) is 41.3 Å². The van der Waals surface area contributed by atoms with E-state index >= 15 is 8.78 Å². The van der Waals surface area contributed by atoms with Gasteiger partial charge in [-0.3, -0.25) is 9.59 Å². The predicted octanol–water partition coefficient (Wildman–Crippen LogP) is 2.63. The van der Waals surface area contributed by atoms with Gasteiger partial charge in [-0.1, -0.05) is 6.07 Å². The smallest absolute Gasteiger partial charge is 0.274 e. The van der Waals surface area contributed by atoms with Crippen LogP contribution in [0.3, 0.4) is 0 Å². The van der Waals surface area contributed by atoms with Gasteiger partial charge in [0.2, 0.25) is 11.8 Å². The number of H-pyrrole nitrogens is 1. The summed E-state index contributed by atoms with van der Waals surface area (Å²) in [5, 5.41) is 6.66. The van der Waals surface area contributed by atoms with Gasteiger partial charge in [-0.15, -0.1) is 0 Å². The van der Waals surface area contributed by atoms with E-state index in [9.17, 15) is 9.59 Å². The van der Waals surface area contributed by atoms with Crippen molar-refractivity contribution >= 4 is 11.4 Å². The Labute approximate surface area is 196 Å². The first kappa shape index (κ1) is 22.3. The summed E-state index contributed by atoms with van der Waals surface area (Å²) >= 11 is 0. The second-order valence-corrected chi connectivity index (χ2v) is 7.73. The topological polar surface area (TPSA) is 120 Å². The minimum atomic E-state index is -1.05. The second kappa shape index (κ2) is 8.70. The minimum absolute atomic E-state index is 0.133. The summed E-state index contributed by atoms with van der Waals surface area (Å²) in [6.07, 6.45) is 1.55. The highest BCUT2D eigenvalue weighted by molar-refractivity contribution is 5.93. The van der Waals surface area contributed by atoms with Crippen LogP contribution in [-0.2, 0) is 0 Å². The molecule has 0 saturated carbocycles. The summed E-state index contributed by atoms with van der Waals surface area (Å²) in [7, 11) is 1.49. The summed E-state index contributed by atoms with van der Waals surface area (Å²) in [6, 6.07) is 6.77. The number of hydrogen-bond donors (Lipinski definition) is 2. The standard InChI is InChI=1S/C23H19F2N5O5/c1-11(12-3-6-17(33-2)26-10-12)27-22(31)14-9-15-23(32)28-19(21(25)30(15)29-14)13-4-5-16-20(18(13)24)35-8-7-34-16/h3-6,9-11H,7-8H2,1-2H3,(H,27,31)(H,28,32)/t11-/m1/s1. The summed E-state index contributed by atoms with van der Waals surface area (Å²) in [5.74, 6) is -2.14. The molecular formula is C23H19F2N5O5. The van der Waals surface area contributed by atoms with E-state index in [1.807, 2.05) is 0 Å². The number of carbonyl (C=O) groups excluding carboxylic acids is 1. The zero-order valence-corrected chi connectivity index (χ0v) is 18.6. The van der Waals surface area contributed by atoms with Crippen LogP contribution < -0.4 is 25.1 Å². The molecule has 2 N–H and O–H groups in total. The van der Waals surface area contributed by atoms with Gasteiger partial charge in [0.25, 0.3) is 11.5 Å². The van der Waals surface area contributed by atoms with E-state index in [-0.39, 0.29) is 41.5 Å². The minimum Gasteiger partial charge on any atom is -0.486 e. The molecule has 1 aliphatic heterocycles. The molecule has 4 aromatic rings. The molecule has 35 heavy (non-hydrogen) atoms. The van der Waals surface area contributed by atoms with Crippen molar-refractivity contribution in [1.82, 2.24) is 24.9 Å².